The SMILES string of the molecule is Cc1cc(N2C(=O)c3ccc(F)cc3C2=O)c(C(C)C)cc1O. The molecule has 118 valence electrons. The molecule has 2 aromatic rings. The lowest BCUT2D eigenvalue weighted by atomic mass is 9.98. The Hall–Kier alpha value is -2.69. The molecule has 1 aliphatic rings. The molecule has 0 saturated carbocycles. The van der Waals surface area contributed by atoms with E-state index in [2.05, 4.69) is 0 Å². The molecule has 0 atom stereocenters. The number of aryl methyl sites for hydroxylation is 1. The highest BCUT2D eigenvalue weighted by Gasteiger charge is 2.38. The minimum atomic E-state index is -0.558. The first kappa shape index (κ1) is 15.2. The Morgan fingerprint density at radius 3 is 2.35 bits per heavy atom. The van der Waals surface area contributed by atoms with Gasteiger partial charge < -0.3 is 5.11 Å². The normalized spacial score (nSPS) is 13.9. The van der Waals surface area contributed by atoms with Gasteiger partial charge >= 0.3 is 0 Å². The Morgan fingerprint density at radius 1 is 1.04 bits per heavy atom. The molecule has 0 aromatic heterocycles. The van der Waals surface area contributed by atoms with Crippen LogP contribution in [0.4, 0.5) is 10.1 Å². The number of phenolic OH excluding ortho intramolecular Hbond substituents is 1. The highest BCUT2D eigenvalue weighted by molar-refractivity contribution is 6.34. The maximum Gasteiger partial charge on any atom is 0.266 e. The first-order chi connectivity index (χ1) is 10.8. The number of fused-ring (bicyclic) bond motifs is 1. The van der Waals surface area contributed by atoms with E-state index in [9.17, 15) is 19.1 Å². The second kappa shape index (κ2) is 5.19. The summed E-state index contributed by atoms with van der Waals surface area (Å²) in [5.74, 6) is -1.47. The minimum Gasteiger partial charge on any atom is -0.508 e. The lowest BCUT2D eigenvalue weighted by Gasteiger charge is -2.21. The third-order valence-corrected chi connectivity index (χ3v) is 4.06. The van der Waals surface area contributed by atoms with Crippen LogP contribution in [0.15, 0.2) is 30.3 Å². The van der Waals surface area contributed by atoms with Gasteiger partial charge in [-0.3, -0.25) is 9.59 Å². The zero-order valence-corrected chi connectivity index (χ0v) is 13.1. The summed E-state index contributed by atoms with van der Waals surface area (Å²) in [6.45, 7) is 5.51. The molecule has 0 saturated heterocycles. The number of halogens is 1. The Morgan fingerprint density at radius 2 is 1.70 bits per heavy atom. The first-order valence-corrected chi connectivity index (χ1v) is 7.33. The van der Waals surface area contributed by atoms with Crippen LogP contribution in [0.5, 0.6) is 5.75 Å². The number of amides is 2. The van der Waals surface area contributed by atoms with Gasteiger partial charge in [-0.1, -0.05) is 13.8 Å². The monoisotopic (exact) mass is 313 g/mol. The van der Waals surface area contributed by atoms with Gasteiger partial charge in [-0.25, -0.2) is 9.29 Å². The molecule has 1 N–H and O–H groups in total. The van der Waals surface area contributed by atoms with Gasteiger partial charge in [-0.2, -0.15) is 0 Å². The van der Waals surface area contributed by atoms with Crippen molar-refractivity contribution in [2.24, 2.45) is 0 Å². The minimum absolute atomic E-state index is 0.00227. The maximum absolute atomic E-state index is 13.4. The van der Waals surface area contributed by atoms with Crippen LogP contribution >= 0.6 is 0 Å². The van der Waals surface area contributed by atoms with Gasteiger partial charge in [0.2, 0.25) is 0 Å². The summed E-state index contributed by atoms with van der Waals surface area (Å²) in [5.41, 5.74) is 1.93. The van der Waals surface area contributed by atoms with Gasteiger partial charge in [0.05, 0.1) is 16.8 Å². The average Bonchev–Trinajstić information content (AvgIpc) is 2.73. The van der Waals surface area contributed by atoms with E-state index < -0.39 is 17.6 Å². The van der Waals surface area contributed by atoms with E-state index in [1.54, 1.807) is 19.1 Å². The summed E-state index contributed by atoms with van der Waals surface area (Å²) in [5, 5.41) is 9.92. The molecule has 4 nitrogen and oxygen atoms in total. The lowest BCUT2D eigenvalue weighted by molar-refractivity contribution is 0.0925. The molecular weight excluding hydrogens is 297 g/mol. The first-order valence-electron chi connectivity index (χ1n) is 7.33. The molecule has 0 aliphatic carbocycles. The molecule has 23 heavy (non-hydrogen) atoms. The van der Waals surface area contributed by atoms with Gasteiger partial charge in [0, 0.05) is 0 Å². The number of nitrogens with zero attached hydrogens (tertiary/aromatic N) is 1. The van der Waals surface area contributed by atoms with Crippen molar-refractivity contribution in [1.29, 1.82) is 0 Å². The van der Waals surface area contributed by atoms with Crippen LogP contribution in [0.25, 0.3) is 0 Å². The number of rotatable bonds is 2. The van der Waals surface area contributed by atoms with Crippen molar-refractivity contribution in [3.63, 3.8) is 0 Å². The van der Waals surface area contributed by atoms with Crippen LogP contribution in [0.3, 0.4) is 0 Å². The molecule has 1 aliphatic heterocycles. The van der Waals surface area contributed by atoms with Gasteiger partial charge in [0.1, 0.15) is 11.6 Å². The number of aromatic hydroxyl groups is 1. The molecule has 0 bridgehead atoms. The fourth-order valence-electron chi connectivity index (χ4n) is 2.79. The fourth-order valence-corrected chi connectivity index (χ4v) is 2.79. The standard InChI is InChI=1S/C18H16FNO3/c1-9(2)13-8-16(21)10(3)6-15(13)20-17(22)12-5-4-11(19)7-14(12)18(20)23/h4-9,21H,1-3H3. The third kappa shape index (κ3) is 2.29. The molecule has 2 aromatic carbocycles. The second-order valence-electron chi connectivity index (χ2n) is 5.99. The van der Waals surface area contributed by atoms with Crippen molar-refractivity contribution >= 4 is 17.5 Å². The summed E-state index contributed by atoms with van der Waals surface area (Å²) in [6.07, 6.45) is 0. The number of anilines is 1. The largest absolute Gasteiger partial charge is 0.508 e. The molecule has 0 spiro atoms. The molecule has 2 amide bonds. The van der Waals surface area contributed by atoms with E-state index >= 15 is 0 Å². The molecular formula is C18H16FNO3. The smallest absolute Gasteiger partial charge is 0.266 e. The number of hydrogen-bond donors (Lipinski definition) is 1. The topological polar surface area (TPSA) is 57.6 Å². The average molecular weight is 313 g/mol. The molecule has 5 heteroatoms. The van der Waals surface area contributed by atoms with E-state index in [4.69, 9.17) is 0 Å². The van der Waals surface area contributed by atoms with Crippen LogP contribution in [0, 0.1) is 12.7 Å². The van der Waals surface area contributed by atoms with Crippen LogP contribution in [0.1, 0.15) is 51.6 Å². The van der Waals surface area contributed by atoms with Crippen molar-refractivity contribution < 1.29 is 19.1 Å². The summed E-state index contributed by atoms with van der Waals surface area (Å²) < 4.78 is 13.4. The van der Waals surface area contributed by atoms with Crippen molar-refractivity contribution in [1.82, 2.24) is 0 Å². The zero-order chi connectivity index (χ0) is 16.9. The van der Waals surface area contributed by atoms with E-state index in [0.29, 0.717) is 16.8 Å². The van der Waals surface area contributed by atoms with Gasteiger partial charge in [-0.15, -0.1) is 0 Å². The number of imide groups is 1. The molecule has 3 rings (SSSR count). The highest BCUT2D eigenvalue weighted by Crippen LogP contribution is 2.37. The van der Waals surface area contributed by atoms with Gasteiger partial charge in [-0.05, 0) is 54.3 Å². The van der Waals surface area contributed by atoms with Crippen molar-refractivity contribution in [2.45, 2.75) is 26.7 Å². The van der Waals surface area contributed by atoms with E-state index in [-0.39, 0.29) is 22.8 Å². The molecule has 0 radical (unpaired) electrons. The molecule has 1 heterocycles. The zero-order valence-electron chi connectivity index (χ0n) is 13.1. The van der Waals surface area contributed by atoms with Crippen molar-refractivity contribution in [2.75, 3.05) is 4.90 Å². The van der Waals surface area contributed by atoms with Crippen LogP contribution < -0.4 is 4.90 Å². The molecule has 0 fully saturated rings. The number of benzene rings is 2. The second-order valence-corrected chi connectivity index (χ2v) is 5.99. The number of hydrogen-bond acceptors (Lipinski definition) is 3. The van der Waals surface area contributed by atoms with Gasteiger partial charge in [0.15, 0.2) is 0 Å². The van der Waals surface area contributed by atoms with Gasteiger partial charge in [0.25, 0.3) is 11.8 Å². The van der Waals surface area contributed by atoms with Crippen molar-refractivity contribution in [3.05, 3.63) is 58.4 Å². The quantitative estimate of drug-likeness (QED) is 0.859. The number of carbonyl (C=O) groups excluding carboxylic acids is 2. The van der Waals surface area contributed by atoms with Crippen LogP contribution in [-0.2, 0) is 0 Å². The predicted molar refractivity (Wildman–Crippen MR) is 84.5 cm³/mol. The van der Waals surface area contributed by atoms with E-state index in [0.717, 1.165) is 11.0 Å². The Balaban J connectivity index is 2.19. The van der Waals surface area contributed by atoms with E-state index in [1.165, 1.54) is 12.1 Å². The fraction of sp³-hybridized carbons (Fsp3) is 0.222. The summed E-state index contributed by atoms with van der Waals surface area (Å²) in [4.78, 5) is 26.3. The predicted octanol–water partition coefficient (Wildman–Crippen LogP) is 3.76. The maximum atomic E-state index is 13.4. The Kier molecular flexibility index (Phi) is 3.43. The summed E-state index contributed by atoms with van der Waals surface area (Å²) in [7, 11) is 0. The Bertz CT molecular complexity index is 842. The van der Waals surface area contributed by atoms with E-state index in [1.807, 2.05) is 13.8 Å². The Labute approximate surface area is 133 Å². The third-order valence-electron chi connectivity index (χ3n) is 4.06. The van der Waals surface area contributed by atoms with Crippen molar-refractivity contribution in [3.8, 4) is 5.75 Å². The van der Waals surface area contributed by atoms with Crippen LogP contribution in [0.2, 0.25) is 0 Å². The lowest BCUT2D eigenvalue weighted by Crippen LogP contribution is -2.30. The number of phenols is 1. The number of carbonyl (C=O) groups is 2. The summed E-state index contributed by atoms with van der Waals surface area (Å²) >= 11 is 0. The highest BCUT2D eigenvalue weighted by atomic mass is 19.1. The summed E-state index contributed by atoms with van der Waals surface area (Å²) in [6, 6.07) is 6.76. The molecule has 0 unspecified atom stereocenters. The van der Waals surface area contributed by atoms with Crippen LogP contribution in [-0.4, -0.2) is 16.9 Å².